The third-order valence-electron chi connectivity index (χ3n) is 19.4. The molecule has 0 aliphatic carbocycles. The molecule has 13 atom stereocenters. The third-order valence-corrected chi connectivity index (χ3v) is 19.4. The molecule has 1 aromatic rings. The number of benzene rings is 1. The first-order valence-corrected chi connectivity index (χ1v) is 34.8. The first kappa shape index (κ1) is 83.4. The van der Waals surface area contributed by atoms with Gasteiger partial charge in [-0.1, -0.05) is 67.9 Å². The van der Waals surface area contributed by atoms with Gasteiger partial charge in [0.1, 0.15) is 17.9 Å². The van der Waals surface area contributed by atoms with Gasteiger partial charge in [0.05, 0.1) is 80.6 Å². The number of ether oxygens (including phenoxy) is 5. The zero-order chi connectivity index (χ0) is 75.3. The Balaban J connectivity index is 1.33. The lowest BCUT2D eigenvalue weighted by Gasteiger charge is -2.41. The molecule has 558 valence electrons. The third kappa shape index (κ3) is 22.6. The molecule has 4 aliphatic rings. The van der Waals surface area contributed by atoms with Crippen LogP contribution in [0.3, 0.4) is 0 Å². The number of carbonyl (C=O) groups excluding carboxylic acids is 14. The minimum atomic E-state index is -2.04. The van der Waals surface area contributed by atoms with Crippen molar-refractivity contribution in [3.8, 4) is 5.75 Å². The molecule has 0 aromatic heterocycles. The fourth-order valence-corrected chi connectivity index (χ4v) is 13.7. The first-order valence-electron chi connectivity index (χ1n) is 34.8. The van der Waals surface area contributed by atoms with E-state index in [1.165, 1.54) is 46.3 Å². The molecule has 1 aromatic carbocycles. The van der Waals surface area contributed by atoms with Gasteiger partial charge >= 0.3 is 11.9 Å². The second kappa shape index (κ2) is 39.2. The number of fused-ring (bicyclic) bond motifs is 1. The number of likely N-dealkylation sites (N-methyl/N-ethyl adjacent to an activating group) is 2. The number of carboxylic acids is 1. The van der Waals surface area contributed by atoms with E-state index in [-0.39, 0.29) is 130 Å². The molecular formula is C72H104N8O21. The van der Waals surface area contributed by atoms with Crippen LogP contribution in [0.1, 0.15) is 139 Å². The highest BCUT2D eigenvalue weighted by Gasteiger charge is 2.50. The normalized spacial score (nSPS) is 23.3. The van der Waals surface area contributed by atoms with Crippen LogP contribution < -0.4 is 20.7 Å². The maximum atomic E-state index is 14.6. The highest BCUT2D eigenvalue weighted by atomic mass is 16.5. The van der Waals surface area contributed by atoms with Gasteiger partial charge in [-0.3, -0.25) is 86.6 Å². The summed E-state index contributed by atoms with van der Waals surface area (Å²) in [6.45, 7) is 15.3. The van der Waals surface area contributed by atoms with Gasteiger partial charge in [-0.2, -0.15) is 0 Å². The number of methoxy groups -OCH3 is 2. The molecule has 29 nitrogen and oxygen atoms in total. The molecule has 2 unspecified atom stereocenters. The number of amides is 9. The number of esters is 1. The van der Waals surface area contributed by atoms with E-state index in [4.69, 9.17) is 23.7 Å². The van der Waals surface area contributed by atoms with Gasteiger partial charge in [0.2, 0.25) is 29.5 Å². The van der Waals surface area contributed by atoms with Crippen molar-refractivity contribution in [2.24, 2.45) is 41.4 Å². The standard InChI is InChI=1S/C72H104N8O21/c1-15-42(6)65(77(12)71(94)48(40(2)3)38-54(84)64(41(4)5)76(10)11)56(97-13)39-62(90)78-29-16-18-50(78)68(98-14)44(8)52(82)37-47(72(95)96)35-46-20-21-55-49(36-46)75-69(92)43(7)34-53(83)45(9)74-57(85)26-31-99-30-17-19-51(81)66(79-58(86)22-23-59(79)87)67(80-60(88)24-25-61(80)89)70(93)73-28-33-100-32-27-63(91)101-55/h20-25,36,40-45,47-48,50,56,64-68H,15-19,26-35,37-39H2,1-14H3,(H,73,93)(H,74,85)(H,75,92)(H,95,96)/t42-,43+,44-,45-,47+,48-,50-,56+,64-,65-,66?,67?,68+/m0/s1. The Hall–Kier alpha value is -8.25. The molecule has 101 heavy (non-hydrogen) atoms. The van der Waals surface area contributed by atoms with Crippen molar-refractivity contribution in [2.75, 3.05) is 80.2 Å². The number of ketones is 4. The molecule has 4 heterocycles. The first-order chi connectivity index (χ1) is 47.7. The van der Waals surface area contributed by atoms with Crippen LogP contribution in [0.2, 0.25) is 0 Å². The number of imide groups is 2. The number of aliphatic carboxylic acids is 1. The highest BCUT2D eigenvalue weighted by Crippen LogP contribution is 2.34. The molecule has 4 N–H and O–H groups in total. The number of likely N-dealkylation sites (tertiary alicyclic amines) is 1. The minimum Gasteiger partial charge on any atom is -0.481 e. The number of nitrogens with one attached hydrogen (secondary N) is 3. The van der Waals surface area contributed by atoms with Gasteiger partial charge < -0.3 is 54.5 Å². The van der Waals surface area contributed by atoms with E-state index in [1.807, 2.05) is 60.5 Å². The number of carboxylic acid groups (broad SMARTS) is 1. The topological polar surface area (TPSA) is 375 Å². The summed E-state index contributed by atoms with van der Waals surface area (Å²) in [4.78, 5) is 211. The number of rotatable bonds is 25. The average Bonchev–Trinajstić information content (AvgIpc) is 1.68. The monoisotopic (exact) mass is 1420 g/mol. The van der Waals surface area contributed by atoms with Crippen LogP contribution in [0.5, 0.6) is 5.75 Å². The van der Waals surface area contributed by atoms with Crippen molar-refractivity contribution in [1.29, 1.82) is 0 Å². The predicted octanol–water partition coefficient (Wildman–Crippen LogP) is 3.45. The number of hydrogen-bond donors (Lipinski definition) is 4. The number of carbonyl (C=O) groups is 15. The van der Waals surface area contributed by atoms with E-state index in [9.17, 15) is 77.0 Å². The Morgan fingerprint density at radius 1 is 0.703 bits per heavy atom. The van der Waals surface area contributed by atoms with Gasteiger partial charge in [-0.15, -0.1) is 0 Å². The zero-order valence-electron chi connectivity index (χ0n) is 60.8. The molecule has 4 aliphatic heterocycles. The van der Waals surface area contributed by atoms with E-state index >= 15 is 0 Å². The van der Waals surface area contributed by atoms with Crippen molar-refractivity contribution in [3.63, 3.8) is 0 Å². The lowest BCUT2D eigenvalue weighted by molar-refractivity contribution is -0.156. The van der Waals surface area contributed by atoms with Crippen molar-refractivity contribution in [1.82, 2.24) is 35.1 Å². The predicted molar refractivity (Wildman–Crippen MR) is 366 cm³/mol. The van der Waals surface area contributed by atoms with Crippen molar-refractivity contribution in [3.05, 3.63) is 48.1 Å². The smallest absolute Gasteiger partial charge is 0.313 e. The minimum absolute atomic E-state index is 0.0218. The Bertz CT molecular complexity index is 3230. The highest BCUT2D eigenvalue weighted by molar-refractivity contribution is 6.19. The molecule has 1 saturated heterocycles. The van der Waals surface area contributed by atoms with E-state index in [0.29, 0.717) is 35.6 Å². The zero-order valence-corrected chi connectivity index (χ0v) is 60.8. The van der Waals surface area contributed by atoms with Crippen LogP contribution >= 0.6 is 0 Å². The van der Waals surface area contributed by atoms with Crippen LogP contribution in [-0.2, 0) is 97.3 Å². The molecule has 0 spiro atoms. The van der Waals surface area contributed by atoms with Gasteiger partial charge in [-0.05, 0) is 82.2 Å². The number of nitrogens with zero attached hydrogens (tertiary/aromatic N) is 5. The molecule has 29 heteroatoms. The number of anilines is 1. The van der Waals surface area contributed by atoms with E-state index in [2.05, 4.69) is 16.0 Å². The van der Waals surface area contributed by atoms with Crippen molar-refractivity contribution >= 4 is 93.9 Å². The lowest BCUT2D eigenvalue weighted by Crippen LogP contribution is -2.64. The fourth-order valence-electron chi connectivity index (χ4n) is 13.7. The Labute approximate surface area is 590 Å². The van der Waals surface area contributed by atoms with Crippen LogP contribution in [0.25, 0.3) is 0 Å². The molecule has 9 amide bonds. The van der Waals surface area contributed by atoms with E-state index in [0.717, 1.165) is 24.3 Å². The lowest BCUT2D eigenvalue weighted by atomic mass is 9.83. The van der Waals surface area contributed by atoms with Gasteiger partial charge in [0, 0.05) is 115 Å². The van der Waals surface area contributed by atoms with Crippen LogP contribution in [0.4, 0.5) is 5.69 Å². The summed E-state index contributed by atoms with van der Waals surface area (Å²) in [6, 6.07) is -2.54. The van der Waals surface area contributed by atoms with Gasteiger partial charge in [0.25, 0.3) is 23.6 Å². The average molecular weight is 1420 g/mol. The molecule has 1 fully saturated rings. The van der Waals surface area contributed by atoms with E-state index < -0.39 is 156 Å². The van der Waals surface area contributed by atoms with E-state index in [1.54, 1.807) is 23.8 Å². The second-order valence-corrected chi connectivity index (χ2v) is 27.6. The number of hydrogen-bond acceptors (Lipinski definition) is 21. The Morgan fingerprint density at radius 2 is 1.32 bits per heavy atom. The largest absolute Gasteiger partial charge is 0.481 e. The molecule has 5 rings (SSSR count). The Kier molecular flexibility index (Phi) is 32.4. The summed E-state index contributed by atoms with van der Waals surface area (Å²) in [7, 11) is 8.30. The van der Waals surface area contributed by atoms with Crippen molar-refractivity contribution < 1.29 is 101 Å². The van der Waals surface area contributed by atoms with Gasteiger partial charge in [0.15, 0.2) is 23.1 Å². The quantitative estimate of drug-likeness (QED) is 0.0618. The summed E-state index contributed by atoms with van der Waals surface area (Å²) in [5, 5.41) is 18.4. The molecule has 0 saturated carbocycles. The number of Topliss-reactive ketones (excluding diaryl/α,β-unsaturated/α-hetero) is 4. The second-order valence-electron chi connectivity index (χ2n) is 27.6. The summed E-state index contributed by atoms with van der Waals surface area (Å²) in [5.41, 5.74) is 0.161. The maximum Gasteiger partial charge on any atom is 0.313 e. The SMILES string of the molecule is CC[C@H](C)[C@@H]([C@@H](CC(=O)N1CCC[C@H]1[C@H](OC)[C@@H](C)C(=O)C[C@@H](Cc1ccc2c(c1)NC(=O)[C@H](C)CC(=O)[C@H](C)NC(=O)CCOCCCC(=O)C(N1C(=O)C=CC1=O)C(N1C(=O)C=CC1=O)C(=O)NCCOCCC(=O)O2)C(=O)O)OC)N(C)C(=O)[C@@H](CC(=O)[C@H](C(C)C)N(C)C)C(C)C. The van der Waals surface area contributed by atoms with Crippen molar-refractivity contribution in [2.45, 2.75) is 188 Å². The van der Waals surface area contributed by atoms with Crippen LogP contribution in [-0.4, -0.2) is 241 Å². The molecular weight excluding hydrogens is 1310 g/mol. The molecule has 0 radical (unpaired) electrons. The summed E-state index contributed by atoms with van der Waals surface area (Å²) in [5.74, 6) is -15.5. The van der Waals surface area contributed by atoms with Crippen LogP contribution in [0.15, 0.2) is 42.5 Å². The maximum absolute atomic E-state index is 14.6. The Morgan fingerprint density at radius 3 is 1.89 bits per heavy atom. The van der Waals surface area contributed by atoms with Crippen LogP contribution in [0, 0.1) is 41.4 Å². The molecule has 0 bridgehead atoms. The van der Waals surface area contributed by atoms with Gasteiger partial charge in [-0.25, -0.2) is 0 Å². The summed E-state index contributed by atoms with van der Waals surface area (Å²) in [6.07, 6.45) is 1.10. The fraction of sp³-hybridized carbons (Fsp3) is 0.653. The summed E-state index contributed by atoms with van der Waals surface area (Å²) < 4.78 is 29.0. The summed E-state index contributed by atoms with van der Waals surface area (Å²) >= 11 is 0.